The number of nitrogens with zero attached hydrogens (tertiary/aromatic N) is 1. The van der Waals surface area contributed by atoms with Crippen LogP contribution in [0, 0.1) is 11.3 Å². The monoisotopic (exact) mass is 292 g/mol. The standard InChI is InChI=1S/C14H16N2O3S/c15-8-7-10-1-4-12(5-2-10)20(17,18)16-13-9-11-3-6-14(13)19-11/h1-2,4-5,11,13-14,16H,3,6-7,9H2. The van der Waals surface area contributed by atoms with Crippen molar-refractivity contribution in [2.75, 3.05) is 0 Å². The van der Waals surface area contributed by atoms with Gasteiger partial charge in [0.2, 0.25) is 10.0 Å². The molecule has 6 heteroatoms. The van der Waals surface area contributed by atoms with E-state index in [-0.39, 0.29) is 29.6 Å². The fraction of sp³-hybridized carbons (Fsp3) is 0.500. The number of nitrogens with one attached hydrogen (secondary N) is 1. The third-order valence-electron chi connectivity index (χ3n) is 3.93. The molecule has 3 unspecified atom stereocenters. The molecule has 1 aromatic rings. The second-order valence-electron chi connectivity index (χ2n) is 5.32. The lowest BCUT2D eigenvalue weighted by Gasteiger charge is -2.20. The van der Waals surface area contributed by atoms with Gasteiger partial charge in [-0.05, 0) is 37.0 Å². The molecule has 2 bridgehead atoms. The maximum Gasteiger partial charge on any atom is 0.240 e. The maximum absolute atomic E-state index is 12.3. The molecular formula is C14H16N2O3S. The van der Waals surface area contributed by atoms with Crippen LogP contribution in [0.25, 0.3) is 0 Å². The molecule has 3 rings (SSSR count). The van der Waals surface area contributed by atoms with Crippen LogP contribution in [0.3, 0.4) is 0 Å². The fourth-order valence-electron chi connectivity index (χ4n) is 2.91. The van der Waals surface area contributed by atoms with Gasteiger partial charge in [0.25, 0.3) is 0 Å². The Morgan fingerprint density at radius 2 is 2.05 bits per heavy atom. The van der Waals surface area contributed by atoms with Gasteiger partial charge in [-0.15, -0.1) is 0 Å². The quantitative estimate of drug-likeness (QED) is 0.908. The van der Waals surface area contributed by atoms with Gasteiger partial charge in [-0.2, -0.15) is 5.26 Å². The highest BCUT2D eigenvalue weighted by Crippen LogP contribution is 2.35. The van der Waals surface area contributed by atoms with Crippen LogP contribution in [-0.4, -0.2) is 26.7 Å². The number of rotatable bonds is 4. The molecule has 0 saturated carbocycles. The molecule has 1 N–H and O–H groups in total. The van der Waals surface area contributed by atoms with Gasteiger partial charge in [-0.1, -0.05) is 12.1 Å². The average Bonchev–Trinajstić information content (AvgIpc) is 3.01. The molecule has 2 aliphatic rings. The first-order valence-electron chi connectivity index (χ1n) is 6.72. The summed E-state index contributed by atoms with van der Waals surface area (Å²) in [6, 6.07) is 8.36. The summed E-state index contributed by atoms with van der Waals surface area (Å²) in [4.78, 5) is 0.238. The van der Waals surface area contributed by atoms with E-state index < -0.39 is 10.0 Å². The van der Waals surface area contributed by atoms with Crippen molar-refractivity contribution in [3.8, 4) is 6.07 Å². The Labute approximate surface area is 118 Å². The second kappa shape index (κ2) is 5.17. The van der Waals surface area contributed by atoms with Gasteiger partial charge in [0.05, 0.1) is 35.6 Å². The zero-order valence-corrected chi connectivity index (χ0v) is 11.8. The van der Waals surface area contributed by atoms with Crippen molar-refractivity contribution in [1.29, 1.82) is 5.26 Å². The Morgan fingerprint density at radius 3 is 2.60 bits per heavy atom. The Bertz CT molecular complexity index is 633. The molecule has 0 spiro atoms. The first kappa shape index (κ1) is 13.6. The molecule has 1 aromatic carbocycles. The van der Waals surface area contributed by atoms with Gasteiger partial charge >= 0.3 is 0 Å². The van der Waals surface area contributed by atoms with Crippen LogP contribution in [0.2, 0.25) is 0 Å². The molecular weight excluding hydrogens is 276 g/mol. The lowest BCUT2D eigenvalue weighted by Crippen LogP contribution is -2.41. The van der Waals surface area contributed by atoms with Crippen molar-refractivity contribution < 1.29 is 13.2 Å². The second-order valence-corrected chi connectivity index (χ2v) is 7.03. The SMILES string of the molecule is N#CCc1ccc(S(=O)(=O)NC2CC3CCC2O3)cc1. The lowest BCUT2D eigenvalue weighted by atomic mass is 9.96. The van der Waals surface area contributed by atoms with Gasteiger partial charge < -0.3 is 4.74 Å². The largest absolute Gasteiger partial charge is 0.373 e. The summed E-state index contributed by atoms with van der Waals surface area (Å²) < 4.78 is 33.0. The number of sulfonamides is 1. The summed E-state index contributed by atoms with van der Waals surface area (Å²) in [6.45, 7) is 0. The number of nitriles is 1. The average molecular weight is 292 g/mol. The van der Waals surface area contributed by atoms with E-state index in [9.17, 15) is 8.42 Å². The summed E-state index contributed by atoms with van der Waals surface area (Å²) in [5.74, 6) is 0. The van der Waals surface area contributed by atoms with E-state index in [2.05, 4.69) is 4.72 Å². The Kier molecular flexibility index (Phi) is 3.50. The lowest BCUT2D eigenvalue weighted by molar-refractivity contribution is 0.0996. The number of benzene rings is 1. The molecule has 2 saturated heterocycles. The van der Waals surface area contributed by atoms with E-state index in [0.29, 0.717) is 0 Å². The van der Waals surface area contributed by atoms with Crippen LogP contribution in [0.5, 0.6) is 0 Å². The number of hydrogen-bond acceptors (Lipinski definition) is 4. The Balaban J connectivity index is 1.73. The molecule has 0 aromatic heterocycles. The fourth-order valence-corrected chi connectivity index (χ4v) is 4.18. The first-order chi connectivity index (χ1) is 9.58. The molecule has 106 valence electrons. The van der Waals surface area contributed by atoms with Crippen LogP contribution >= 0.6 is 0 Å². The first-order valence-corrected chi connectivity index (χ1v) is 8.20. The minimum Gasteiger partial charge on any atom is -0.373 e. The number of hydrogen-bond donors (Lipinski definition) is 1. The Morgan fingerprint density at radius 1 is 1.30 bits per heavy atom. The minimum atomic E-state index is -3.51. The highest BCUT2D eigenvalue weighted by molar-refractivity contribution is 7.89. The van der Waals surface area contributed by atoms with E-state index in [1.165, 1.54) is 0 Å². The van der Waals surface area contributed by atoms with Crippen LogP contribution in [0.4, 0.5) is 0 Å². The topological polar surface area (TPSA) is 79.2 Å². The molecule has 2 fully saturated rings. The van der Waals surface area contributed by atoms with E-state index in [1.807, 2.05) is 6.07 Å². The summed E-state index contributed by atoms with van der Waals surface area (Å²) in [7, 11) is -3.51. The third kappa shape index (κ3) is 2.57. The molecule has 0 amide bonds. The van der Waals surface area contributed by atoms with Gasteiger partial charge in [-0.3, -0.25) is 0 Å². The van der Waals surface area contributed by atoms with Crippen molar-refractivity contribution in [1.82, 2.24) is 4.72 Å². The van der Waals surface area contributed by atoms with Crippen molar-refractivity contribution in [2.24, 2.45) is 0 Å². The maximum atomic E-state index is 12.3. The Hall–Kier alpha value is -1.42. The third-order valence-corrected chi connectivity index (χ3v) is 5.44. The number of ether oxygens (including phenoxy) is 1. The normalized spacial score (nSPS) is 28.4. The van der Waals surface area contributed by atoms with Crippen molar-refractivity contribution in [3.63, 3.8) is 0 Å². The van der Waals surface area contributed by atoms with E-state index >= 15 is 0 Å². The zero-order valence-electron chi connectivity index (χ0n) is 11.0. The molecule has 5 nitrogen and oxygen atoms in total. The summed E-state index contributed by atoms with van der Waals surface area (Å²) in [5.41, 5.74) is 0.815. The zero-order chi connectivity index (χ0) is 14.2. The molecule has 2 aliphatic heterocycles. The smallest absolute Gasteiger partial charge is 0.240 e. The summed E-state index contributed by atoms with van der Waals surface area (Å²) >= 11 is 0. The molecule has 0 aliphatic carbocycles. The summed E-state index contributed by atoms with van der Waals surface area (Å²) in [6.07, 6.45) is 3.24. The van der Waals surface area contributed by atoms with Crippen LogP contribution in [-0.2, 0) is 21.2 Å². The van der Waals surface area contributed by atoms with Crippen molar-refractivity contribution in [3.05, 3.63) is 29.8 Å². The molecule has 0 radical (unpaired) electrons. The van der Waals surface area contributed by atoms with Crippen LogP contribution in [0.1, 0.15) is 24.8 Å². The molecule has 20 heavy (non-hydrogen) atoms. The van der Waals surface area contributed by atoms with E-state index in [0.717, 1.165) is 24.8 Å². The van der Waals surface area contributed by atoms with Gasteiger partial charge in [0.1, 0.15) is 0 Å². The van der Waals surface area contributed by atoms with Gasteiger partial charge in [0.15, 0.2) is 0 Å². The summed E-state index contributed by atoms with van der Waals surface area (Å²) in [5, 5.41) is 8.60. The highest BCUT2D eigenvalue weighted by Gasteiger charge is 2.42. The van der Waals surface area contributed by atoms with E-state index in [1.54, 1.807) is 24.3 Å². The van der Waals surface area contributed by atoms with E-state index in [4.69, 9.17) is 10.00 Å². The highest BCUT2D eigenvalue weighted by atomic mass is 32.2. The predicted molar refractivity (Wildman–Crippen MR) is 72.4 cm³/mol. The van der Waals surface area contributed by atoms with Crippen LogP contribution < -0.4 is 4.72 Å². The molecule has 2 heterocycles. The predicted octanol–water partition coefficient (Wildman–Crippen LogP) is 1.35. The molecule has 3 atom stereocenters. The number of fused-ring (bicyclic) bond motifs is 2. The van der Waals surface area contributed by atoms with Gasteiger partial charge in [0, 0.05) is 0 Å². The van der Waals surface area contributed by atoms with Crippen molar-refractivity contribution in [2.45, 2.75) is 48.8 Å². The van der Waals surface area contributed by atoms with Crippen LogP contribution in [0.15, 0.2) is 29.2 Å². The van der Waals surface area contributed by atoms with Crippen molar-refractivity contribution >= 4 is 10.0 Å². The van der Waals surface area contributed by atoms with Gasteiger partial charge in [-0.25, -0.2) is 13.1 Å². The minimum absolute atomic E-state index is 0.0210.